The zero-order valence-electron chi connectivity index (χ0n) is 17.3. The summed E-state index contributed by atoms with van der Waals surface area (Å²) in [6, 6.07) is 11.8. The first-order valence-electron chi connectivity index (χ1n) is 10.5. The molecule has 0 bridgehead atoms. The molecule has 2 heterocycles. The third-order valence-electron chi connectivity index (χ3n) is 5.60. The van der Waals surface area contributed by atoms with Crippen LogP contribution in [0, 0.1) is 0 Å². The van der Waals surface area contributed by atoms with Crippen LogP contribution in [0.4, 0.5) is 5.69 Å². The molecule has 7 nitrogen and oxygen atoms in total. The van der Waals surface area contributed by atoms with Crippen molar-refractivity contribution >= 4 is 32.5 Å². The van der Waals surface area contributed by atoms with Gasteiger partial charge in [0.25, 0.3) is 15.9 Å². The first kappa shape index (κ1) is 21.1. The highest BCUT2D eigenvalue weighted by Gasteiger charge is 2.31. The first-order chi connectivity index (χ1) is 14.9. The van der Waals surface area contributed by atoms with Crippen molar-refractivity contribution in [1.29, 1.82) is 0 Å². The van der Waals surface area contributed by atoms with E-state index < -0.39 is 21.4 Å². The number of hydrogen-bond acceptors (Lipinski definition) is 4. The second-order valence-electron chi connectivity index (χ2n) is 7.66. The van der Waals surface area contributed by atoms with Gasteiger partial charge in [0, 0.05) is 30.2 Å². The molecule has 31 heavy (non-hydrogen) atoms. The summed E-state index contributed by atoms with van der Waals surface area (Å²) in [4.78, 5) is 28.4. The number of carbonyl (C=O) groups excluding carboxylic acids is 1. The number of para-hydroxylation sites is 1. The minimum Gasteiger partial charge on any atom is -0.360 e. The first-order valence-corrected chi connectivity index (χ1v) is 11.9. The van der Waals surface area contributed by atoms with Crippen molar-refractivity contribution in [2.75, 3.05) is 17.4 Å². The summed E-state index contributed by atoms with van der Waals surface area (Å²) in [5, 5.41) is 2.93. The minimum atomic E-state index is -3.83. The van der Waals surface area contributed by atoms with E-state index in [4.69, 9.17) is 0 Å². The van der Waals surface area contributed by atoms with Crippen LogP contribution in [-0.2, 0) is 16.4 Å². The predicted octanol–water partition coefficient (Wildman–Crippen LogP) is 3.20. The maximum absolute atomic E-state index is 13.3. The lowest BCUT2D eigenvalue weighted by atomic mass is 10.1. The number of rotatable bonds is 7. The SMILES string of the molecule is CCCCCNC(=O)c1c[nH]c2ccc(S(=O)(=O)N3CCc4ccccc43)cc2c1=O. The monoisotopic (exact) mass is 439 g/mol. The van der Waals surface area contributed by atoms with Gasteiger partial charge in [-0.15, -0.1) is 0 Å². The molecular weight excluding hydrogens is 414 g/mol. The van der Waals surface area contributed by atoms with Gasteiger partial charge >= 0.3 is 0 Å². The number of aromatic amines is 1. The van der Waals surface area contributed by atoms with Crippen LogP contribution in [-0.4, -0.2) is 32.4 Å². The normalized spacial score (nSPS) is 13.4. The van der Waals surface area contributed by atoms with E-state index in [2.05, 4.69) is 17.2 Å². The largest absolute Gasteiger partial charge is 0.360 e. The molecule has 1 aliphatic rings. The number of amides is 1. The Kier molecular flexibility index (Phi) is 5.82. The van der Waals surface area contributed by atoms with Gasteiger partial charge in [0.05, 0.1) is 10.6 Å². The predicted molar refractivity (Wildman–Crippen MR) is 121 cm³/mol. The van der Waals surface area contributed by atoms with Gasteiger partial charge in [-0.05, 0) is 42.7 Å². The zero-order valence-corrected chi connectivity index (χ0v) is 18.2. The molecule has 0 saturated heterocycles. The van der Waals surface area contributed by atoms with Gasteiger partial charge in [0.2, 0.25) is 5.43 Å². The van der Waals surface area contributed by atoms with Crippen molar-refractivity contribution in [1.82, 2.24) is 10.3 Å². The fourth-order valence-corrected chi connectivity index (χ4v) is 5.41. The van der Waals surface area contributed by atoms with E-state index in [-0.39, 0.29) is 15.8 Å². The third-order valence-corrected chi connectivity index (χ3v) is 7.40. The standard InChI is InChI=1S/C23H25N3O4S/c1-2-3-6-12-24-23(28)19-15-25-20-10-9-17(14-18(20)22(19)27)31(29,30)26-13-11-16-7-4-5-8-21(16)26/h4-5,7-10,14-15H,2-3,6,11-13H2,1H3,(H,24,28)(H,25,27). The van der Waals surface area contributed by atoms with E-state index in [1.165, 1.54) is 22.6 Å². The average Bonchev–Trinajstić information content (AvgIpc) is 3.22. The number of sulfonamides is 1. The lowest BCUT2D eigenvalue weighted by Crippen LogP contribution is -2.30. The van der Waals surface area contributed by atoms with E-state index in [1.54, 1.807) is 12.1 Å². The van der Waals surface area contributed by atoms with E-state index in [0.29, 0.717) is 30.7 Å². The molecule has 162 valence electrons. The quantitative estimate of drug-likeness (QED) is 0.552. The number of nitrogens with zero attached hydrogens (tertiary/aromatic N) is 1. The smallest absolute Gasteiger partial charge is 0.264 e. The van der Waals surface area contributed by atoms with Crippen molar-refractivity contribution < 1.29 is 13.2 Å². The molecule has 0 saturated carbocycles. The maximum atomic E-state index is 13.3. The van der Waals surface area contributed by atoms with Crippen LogP contribution in [0.5, 0.6) is 0 Å². The molecule has 1 amide bonds. The number of anilines is 1. The molecule has 0 atom stereocenters. The van der Waals surface area contributed by atoms with Crippen LogP contribution < -0.4 is 15.1 Å². The van der Waals surface area contributed by atoms with Gasteiger partial charge in [-0.3, -0.25) is 13.9 Å². The lowest BCUT2D eigenvalue weighted by Gasteiger charge is -2.19. The summed E-state index contributed by atoms with van der Waals surface area (Å²) in [6.45, 7) is 2.92. The molecule has 0 fully saturated rings. The summed E-state index contributed by atoms with van der Waals surface area (Å²) < 4.78 is 28.0. The Labute approximate surface area is 181 Å². The second kappa shape index (κ2) is 8.55. The molecule has 8 heteroatoms. The number of aromatic nitrogens is 1. The average molecular weight is 440 g/mol. The number of unbranched alkanes of at least 4 members (excludes halogenated alkanes) is 2. The van der Waals surface area contributed by atoms with Gasteiger partial charge in [-0.2, -0.15) is 0 Å². The zero-order chi connectivity index (χ0) is 22.0. The third kappa shape index (κ3) is 3.95. The van der Waals surface area contributed by atoms with E-state index >= 15 is 0 Å². The Morgan fingerprint density at radius 2 is 1.97 bits per heavy atom. The number of H-pyrrole nitrogens is 1. The molecule has 2 aromatic carbocycles. The molecule has 3 aromatic rings. The number of carbonyl (C=O) groups is 1. The van der Waals surface area contributed by atoms with Gasteiger partial charge in [-0.25, -0.2) is 8.42 Å². The van der Waals surface area contributed by atoms with E-state index in [9.17, 15) is 18.0 Å². The molecule has 1 aromatic heterocycles. The Morgan fingerprint density at radius 1 is 1.16 bits per heavy atom. The van der Waals surface area contributed by atoms with Crippen molar-refractivity contribution in [3.63, 3.8) is 0 Å². The molecule has 4 rings (SSSR count). The highest BCUT2D eigenvalue weighted by atomic mass is 32.2. The Morgan fingerprint density at radius 3 is 2.77 bits per heavy atom. The molecule has 0 unspecified atom stereocenters. The van der Waals surface area contributed by atoms with E-state index in [1.807, 2.05) is 18.2 Å². The maximum Gasteiger partial charge on any atom is 0.264 e. The van der Waals surface area contributed by atoms with Gasteiger partial charge in [0.15, 0.2) is 0 Å². The lowest BCUT2D eigenvalue weighted by molar-refractivity contribution is 0.0951. The summed E-state index contributed by atoms with van der Waals surface area (Å²) in [7, 11) is -3.83. The number of benzene rings is 2. The van der Waals surface area contributed by atoms with Crippen LogP contribution in [0.25, 0.3) is 10.9 Å². The van der Waals surface area contributed by atoms with Gasteiger partial charge < -0.3 is 10.3 Å². The molecule has 0 spiro atoms. The van der Waals surface area contributed by atoms with Crippen LogP contribution in [0.3, 0.4) is 0 Å². The summed E-state index contributed by atoms with van der Waals surface area (Å²) >= 11 is 0. The number of nitrogens with one attached hydrogen (secondary N) is 2. The van der Waals surface area contributed by atoms with Crippen LogP contribution in [0.2, 0.25) is 0 Å². The molecular formula is C23H25N3O4S. The Bertz CT molecular complexity index is 1300. The van der Waals surface area contributed by atoms with Crippen molar-refractivity contribution in [2.45, 2.75) is 37.5 Å². The second-order valence-corrected chi connectivity index (χ2v) is 9.52. The van der Waals surface area contributed by atoms with Crippen molar-refractivity contribution in [2.24, 2.45) is 0 Å². The fraction of sp³-hybridized carbons (Fsp3) is 0.304. The summed E-state index contributed by atoms with van der Waals surface area (Å²) in [5.41, 5.74) is 1.61. The van der Waals surface area contributed by atoms with Crippen molar-refractivity contribution in [3.8, 4) is 0 Å². The van der Waals surface area contributed by atoms with Crippen LogP contribution >= 0.6 is 0 Å². The van der Waals surface area contributed by atoms with Crippen LogP contribution in [0.1, 0.15) is 42.1 Å². The topological polar surface area (TPSA) is 99.3 Å². The number of fused-ring (bicyclic) bond motifs is 2. The molecule has 0 aliphatic carbocycles. The van der Waals surface area contributed by atoms with Gasteiger partial charge in [0.1, 0.15) is 5.56 Å². The summed E-state index contributed by atoms with van der Waals surface area (Å²) in [6.07, 6.45) is 4.89. The highest BCUT2D eigenvalue weighted by molar-refractivity contribution is 7.92. The number of pyridine rings is 1. The molecule has 1 aliphatic heterocycles. The Hall–Kier alpha value is -3.13. The minimum absolute atomic E-state index is 0.0231. The van der Waals surface area contributed by atoms with Crippen LogP contribution in [0.15, 0.2) is 58.4 Å². The summed E-state index contributed by atoms with van der Waals surface area (Å²) in [5.74, 6) is -0.457. The van der Waals surface area contributed by atoms with Crippen molar-refractivity contribution in [3.05, 3.63) is 70.0 Å². The highest BCUT2D eigenvalue weighted by Crippen LogP contribution is 2.33. The molecule has 2 N–H and O–H groups in total. The fourth-order valence-electron chi connectivity index (χ4n) is 3.88. The van der Waals surface area contributed by atoms with E-state index in [0.717, 1.165) is 24.8 Å². The molecule has 0 radical (unpaired) electrons. The Balaban J connectivity index is 1.68. The van der Waals surface area contributed by atoms with Gasteiger partial charge in [-0.1, -0.05) is 38.0 Å². The number of hydrogen-bond donors (Lipinski definition) is 2.